The molecule has 1 unspecified atom stereocenters. The number of nitrogens with zero attached hydrogens (tertiary/aromatic N) is 1. The Labute approximate surface area is 76.8 Å². The van der Waals surface area contributed by atoms with Crippen molar-refractivity contribution in [1.82, 2.24) is 4.98 Å². The van der Waals surface area contributed by atoms with Crippen LogP contribution < -0.4 is 5.73 Å². The molecule has 1 aliphatic carbocycles. The fourth-order valence-electron chi connectivity index (χ4n) is 1.91. The van der Waals surface area contributed by atoms with Crippen molar-refractivity contribution in [2.75, 3.05) is 0 Å². The van der Waals surface area contributed by atoms with Crippen molar-refractivity contribution in [2.24, 2.45) is 11.1 Å². The average molecular weight is 182 g/mol. The maximum atomic E-state index is 6.01. The van der Waals surface area contributed by atoms with Crippen LogP contribution in [0.3, 0.4) is 0 Å². The number of hydrogen-bond acceptors (Lipinski definition) is 3. The molecule has 1 aliphatic rings. The van der Waals surface area contributed by atoms with Gasteiger partial charge in [0.15, 0.2) is 0 Å². The first-order chi connectivity index (χ1) is 5.58. The number of thiazole rings is 1. The first-order valence-corrected chi connectivity index (χ1v) is 5.14. The van der Waals surface area contributed by atoms with Crippen molar-refractivity contribution in [1.29, 1.82) is 0 Å². The second kappa shape index (κ2) is 2.54. The highest BCUT2D eigenvalue weighted by Gasteiger charge is 2.31. The van der Waals surface area contributed by atoms with Crippen LogP contribution in [0.15, 0.2) is 5.51 Å². The van der Waals surface area contributed by atoms with Gasteiger partial charge in [-0.1, -0.05) is 13.8 Å². The van der Waals surface area contributed by atoms with Gasteiger partial charge in [-0.05, 0) is 18.3 Å². The summed E-state index contributed by atoms with van der Waals surface area (Å²) in [6, 6.07) is 0.162. The van der Waals surface area contributed by atoms with Crippen molar-refractivity contribution in [2.45, 2.75) is 32.7 Å². The molecule has 0 spiro atoms. The molecule has 12 heavy (non-hydrogen) atoms. The van der Waals surface area contributed by atoms with Crippen molar-refractivity contribution < 1.29 is 0 Å². The van der Waals surface area contributed by atoms with Crippen LogP contribution in [0.2, 0.25) is 0 Å². The molecule has 2 N–H and O–H groups in total. The van der Waals surface area contributed by atoms with E-state index in [0.717, 1.165) is 18.5 Å². The first kappa shape index (κ1) is 8.20. The molecule has 1 atom stereocenters. The Morgan fingerprint density at radius 3 is 3.17 bits per heavy atom. The molecule has 1 heterocycles. The summed E-state index contributed by atoms with van der Waals surface area (Å²) in [6.07, 6.45) is 2.20. The molecule has 0 radical (unpaired) electrons. The van der Waals surface area contributed by atoms with Gasteiger partial charge in [-0.15, -0.1) is 11.3 Å². The molecule has 2 rings (SSSR count). The van der Waals surface area contributed by atoms with E-state index >= 15 is 0 Å². The topological polar surface area (TPSA) is 38.9 Å². The van der Waals surface area contributed by atoms with E-state index in [0.29, 0.717) is 5.41 Å². The molecule has 3 heteroatoms. The molecule has 0 saturated heterocycles. The van der Waals surface area contributed by atoms with E-state index in [1.807, 2.05) is 5.51 Å². The minimum Gasteiger partial charge on any atom is -0.323 e. The van der Waals surface area contributed by atoms with Gasteiger partial charge in [-0.2, -0.15) is 0 Å². The van der Waals surface area contributed by atoms with Crippen LogP contribution in [0.4, 0.5) is 0 Å². The van der Waals surface area contributed by atoms with Crippen molar-refractivity contribution in [3.05, 3.63) is 16.1 Å². The molecule has 0 saturated carbocycles. The molecular weight excluding hydrogens is 168 g/mol. The molecule has 2 nitrogen and oxygen atoms in total. The standard InChI is InChI=1S/C9H14N2S/c1-9(2)3-6(10)8-7(4-9)12-5-11-8/h5-6H,3-4,10H2,1-2H3. The highest BCUT2D eigenvalue weighted by molar-refractivity contribution is 7.09. The lowest BCUT2D eigenvalue weighted by atomic mass is 9.77. The monoisotopic (exact) mass is 182 g/mol. The highest BCUT2D eigenvalue weighted by atomic mass is 32.1. The van der Waals surface area contributed by atoms with Gasteiger partial charge in [0.2, 0.25) is 0 Å². The maximum Gasteiger partial charge on any atom is 0.0798 e. The SMILES string of the molecule is CC1(C)Cc2scnc2C(N)C1. The van der Waals surface area contributed by atoms with Crippen molar-refractivity contribution >= 4 is 11.3 Å². The summed E-state index contributed by atoms with van der Waals surface area (Å²) in [5.74, 6) is 0. The molecule has 0 bridgehead atoms. The molecule has 1 aromatic heterocycles. The Bertz CT molecular complexity index is 290. The van der Waals surface area contributed by atoms with Gasteiger partial charge in [0.25, 0.3) is 0 Å². The van der Waals surface area contributed by atoms with Gasteiger partial charge in [-0.25, -0.2) is 4.98 Å². The number of rotatable bonds is 0. The second-order valence-corrected chi connectivity index (χ2v) is 5.25. The third-order valence-electron chi connectivity index (χ3n) is 2.44. The molecular formula is C9H14N2S. The lowest BCUT2D eigenvalue weighted by Gasteiger charge is -2.32. The predicted molar refractivity (Wildman–Crippen MR) is 51.1 cm³/mol. The van der Waals surface area contributed by atoms with E-state index in [9.17, 15) is 0 Å². The zero-order chi connectivity index (χ0) is 8.77. The van der Waals surface area contributed by atoms with Crippen LogP contribution >= 0.6 is 11.3 Å². The Morgan fingerprint density at radius 2 is 2.42 bits per heavy atom. The van der Waals surface area contributed by atoms with Gasteiger partial charge in [-0.3, -0.25) is 0 Å². The van der Waals surface area contributed by atoms with Gasteiger partial charge in [0, 0.05) is 10.9 Å². The van der Waals surface area contributed by atoms with E-state index < -0.39 is 0 Å². The summed E-state index contributed by atoms with van der Waals surface area (Å²) in [6.45, 7) is 4.55. The number of aromatic nitrogens is 1. The zero-order valence-corrected chi connectivity index (χ0v) is 8.32. The molecule has 1 aromatic rings. The van der Waals surface area contributed by atoms with E-state index in [4.69, 9.17) is 5.73 Å². The third-order valence-corrected chi connectivity index (χ3v) is 3.28. The maximum absolute atomic E-state index is 6.01. The normalized spacial score (nSPS) is 26.8. The molecule has 0 aromatic carbocycles. The minimum absolute atomic E-state index is 0.162. The first-order valence-electron chi connectivity index (χ1n) is 4.26. The van der Waals surface area contributed by atoms with Crippen LogP contribution in [-0.4, -0.2) is 4.98 Å². The van der Waals surface area contributed by atoms with Gasteiger partial charge >= 0.3 is 0 Å². The van der Waals surface area contributed by atoms with E-state index in [-0.39, 0.29) is 6.04 Å². The summed E-state index contributed by atoms with van der Waals surface area (Å²) in [7, 11) is 0. The summed E-state index contributed by atoms with van der Waals surface area (Å²) >= 11 is 1.74. The second-order valence-electron chi connectivity index (χ2n) is 4.31. The Morgan fingerprint density at radius 1 is 1.67 bits per heavy atom. The Balaban J connectivity index is 2.38. The number of nitrogens with two attached hydrogens (primary N) is 1. The van der Waals surface area contributed by atoms with Crippen LogP contribution in [0.5, 0.6) is 0 Å². The molecule has 0 aliphatic heterocycles. The fraction of sp³-hybridized carbons (Fsp3) is 0.667. The molecule has 66 valence electrons. The van der Waals surface area contributed by atoms with E-state index in [1.54, 1.807) is 11.3 Å². The largest absolute Gasteiger partial charge is 0.323 e. The van der Waals surface area contributed by atoms with E-state index in [2.05, 4.69) is 18.8 Å². The summed E-state index contributed by atoms with van der Waals surface area (Å²) in [5.41, 5.74) is 9.42. The fourth-order valence-corrected chi connectivity index (χ4v) is 3.01. The van der Waals surface area contributed by atoms with Crippen LogP contribution in [0, 0.1) is 5.41 Å². The Hall–Kier alpha value is -0.410. The van der Waals surface area contributed by atoms with Crippen LogP contribution in [0.1, 0.15) is 36.9 Å². The van der Waals surface area contributed by atoms with Crippen LogP contribution in [0.25, 0.3) is 0 Å². The summed E-state index contributed by atoms with van der Waals surface area (Å²) in [5, 5.41) is 0. The van der Waals surface area contributed by atoms with E-state index in [1.165, 1.54) is 4.88 Å². The smallest absolute Gasteiger partial charge is 0.0798 e. The number of fused-ring (bicyclic) bond motifs is 1. The molecule has 0 fully saturated rings. The Kier molecular flexibility index (Phi) is 1.73. The summed E-state index contributed by atoms with van der Waals surface area (Å²) < 4.78 is 0. The minimum atomic E-state index is 0.162. The number of hydrogen-bond donors (Lipinski definition) is 1. The van der Waals surface area contributed by atoms with Gasteiger partial charge < -0.3 is 5.73 Å². The predicted octanol–water partition coefficient (Wildman–Crippen LogP) is 2.12. The molecule has 0 amide bonds. The summed E-state index contributed by atoms with van der Waals surface area (Å²) in [4.78, 5) is 5.68. The quantitative estimate of drug-likeness (QED) is 0.667. The van der Waals surface area contributed by atoms with Gasteiger partial charge in [0.1, 0.15) is 0 Å². The van der Waals surface area contributed by atoms with Crippen LogP contribution in [-0.2, 0) is 6.42 Å². The van der Waals surface area contributed by atoms with Crippen molar-refractivity contribution in [3.63, 3.8) is 0 Å². The average Bonchev–Trinajstić information content (AvgIpc) is 2.31. The third kappa shape index (κ3) is 1.27. The zero-order valence-electron chi connectivity index (χ0n) is 7.50. The lowest BCUT2D eigenvalue weighted by Crippen LogP contribution is -2.29. The van der Waals surface area contributed by atoms with Crippen molar-refractivity contribution in [3.8, 4) is 0 Å². The van der Waals surface area contributed by atoms with Gasteiger partial charge in [0.05, 0.1) is 11.2 Å². The lowest BCUT2D eigenvalue weighted by molar-refractivity contribution is 0.283. The highest BCUT2D eigenvalue weighted by Crippen LogP contribution is 2.40.